The molecule has 0 bridgehead atoms. The van der Waals surface area contributed by atoms with Gasteiger partial charge in [-0.25, -0.2) is 4.79 Å². The molecule has 1 heterocycles. The Morgan fingerprint density at radius 3 is 2.79 bits per heavy atom. The number of hydrogen-bond acceptors (Lipinski definition) is 5. The van der Waals surface area contributed by atoms with Gasteiger partial charge in [0.2, 0.25) is 6.29 Å². The second kappa shape index (κ2) is 8.69. The lowest BCUT2D eigenvalue weighted by Crippen LogP contribution is -2.25. The van der Waals surface area contributed by atoms with E-state index in [0.29, 0.717) is 12.8 Å². The first-order valence-electron chi connectivity index (χ1n) is 6.80. The standard InChI is InChI=1S/C14H22O5/c1-3-6-12(15)18-11-8-5-9-14(17-10-11)19-13(16)7-4-2/h4,7,11,14H,3,5-6,8-10H2,1-2H3/b7-4+/t11-,14+/m0/s1. The van der Waals surface area contributed by atoms with E-state index in [1.165, 1.54) is 6.08 Å². The zero-order valence-corrected chi connectivity index (χ0v) is 11.6. The molecule has 19 heavy (non-hydrogen) atoms. The van der Waals surface area contributed by atoms with Crippen LogP contribution >= 0.6 is 0 Å². The van der Waals surface area contributed by atoms with Crippen molar-refractivity contribution in [1.29, 1.82) is 0 Å². The Morgan fingerprint density at radius 1 is 1.32 bits per heavy atom. The Labute approximate surface area is 113 Å². The molecule has 0 aromatic heterocycles. The molecule has 0 aromatic rings. The average molecular weight is 270 g/mol. The van der Waals surface area contributed by atoms with Crippen LogP contribution in [0.4, 0.5) is 0 Å². The fourth-order valence-electron chi connectivity index (χ4n) is 1.83. The number of esters is 2. The van der Waals surface area contributed by atoms with Crippen LogP contribution in [0, 0.1) is 0 Å². The molecule has 0 N–H and O–H groups in total. The molecule has 2 atom stereocenters. The summed E-state index contributed by atoms with van der Waals surface area (Å²) < 4.78 is 15.9. The summed E-state index contributed by atoms with van der Waals surface area (Å²) in [5.74, 6) is -0.602. The van der Waals surface area contributed by atoms with Crippen LogP contribution < -0.4 is 0 Å². The van der Waals surface area contributed by atoms with Gasteiger partial charge in [-0.05, 0) is 26.2 Å². The summed E-state index contributed by atoms with van der Waals surface area (Å²) in [6.07, 6.45) is 5.58. The zero-order chi connectivity index (χ0) is 14.1. The van der Waals surface area contributed by atoms with Crippen LogP contribution in [-0.4, -0.2) is 30.9 Å². The lowest BCUT2D eigenvalue weighted by atomic mass is 10.2. The first-order chi connectivity index (χ1) is 9.15. The van der Waals surface area contributed by atoms with Crippen molar-refractivity contribution < 1.29 is 23.8 Å². The van der Waals surface area contributed by atoms with Crippen molar-refractivity contribution in [1.82, 2.24) is 0 Å². The molecule has 5 heteroatoms. The van der Waals surface area contributed by atoms with Gasteiger partial charge in [0.1, 0.15) is 6.10 Å². The van der Waals surface area contributed by atoms with Gasteiger partial charge in [0, 0.05) is 18.9 Å². The largest absolute Gasteiger partial charge is 0.460 e. The molecule has 1 aliphatic rings. The third-order valence-electron chi connectivity index (χ3n) is 2.74. The summed E-state index contributed by atoms with van der Waals surface area (Å²) in [6, 6.07) is 0. The molecule has 1 rings (SSSR count). The van der Waals surface area contributed by atoms with E-state index in [1.54, 1.807) is 13.0 Å². The van der Waals surface area contributed by atoms with Crippen molar-refractivity contribution >= 4 is 11.9 Å². The van der Waals surface area contributed by atoms with E-state index in [4.69, 9.17) is 14.2 Å². The van der Waals surface area contributed by atoms with Crippen LogP contribution in [0.2, 0.25) is 0 Å². The van der Waals surface area contributed by atoms with Gasteiger partial charge in [-0.1, -0.05) is 13.0 Å². The van der Waals surface area contributed by atoms with Gasteiger partial charge in [-0.15, -0.1) is 0 Å². The minimum absolute atomic E-state index is 0.194. The van der Waals surface area contributed by atoms with Gasteiger partial charge >= 0.3 is 11.9 Å². The molecule has 1 aliphatic heterocycles. The summed E-state index contributed by atoms with van der Waals surface area (Å²) in [5.41, 5.74) is 0. The number of carbonyl (C=O) groups is 2. The zero-order valence-electron chi connectivity index (χ0n) is 11.6. The van der Waals surface area contributed by atoms with E-state index in [-0.39, 0.29) is 18.7 Å². The minimum Gasteiger partial charge on any atom is -0.460 e. The Kier molecular flexibility index (Phi) is 7.18. The molecule has 0 unspecified atom stereocenters. The van der Waals surface area contributed by atoms with Crippen LogP contribution in [-0.2, 0) is 23.8 Å². The Hall–Kier alpha value is -1.36. The van der Waals surface area contributed by atoms with Gasteiger partial charge in [0.15, 0.2) is 0 Å². The molecule has 0 radical (unpaired) electrons. The summed E-state index contributed by atoms with van der Waals surface area (Å²) >= 11 is 0. The van der Waals surface area contributed by atoms with Crippen molar-refractivity contribution in [3.8, 4) is 0 Å². The minimum atomic E-state index is -0.543. The fourth-order valence-corrected chi connectivity index (χ4v) is 1.83. The van der Waals surface area contributed by atoms with Gasteiger partial charge in [0.25, 0.3) is 0 Å². The Balaban J connectivity index is 2.34. The second-order valence-corrected chi connectivity index (χ2v) is 4.49. The molecule has 1 saturated heterocycles. The van der Waals surface area contributed by atoms with Crippen LogP contribution in [0.1, 0.15) is 46.0 Å². The summed E-state index contributed by atoms with van der Waals surface area (Å²) in [4.78, 5) is 22.7. The predicted molar refractivity (Wildman–Crippen MR) is 69.3 cm³/mol. The van der Waals surface area contributed by atoms with E-state index in [0.717, 1.165) is 19.3 Å². The number of allylic oxidation sites excluding steroid dienone is 1. The molecule has 0 amide bonds. The molecule has 5 nitrogen and oxygen atoms in total. The highest BCUT2D eigenvalue weighted by molar-refractivity contribution is 5.81. The summed E-state index contributed by atoms with van der Waals surface area (Å²) in [5, 5.41) is 0. The maximum atomic E-state index is 11.4. The molecule has 108 valence electrons. The number of hydrogen-bond donors (Lipinski definition) is 0. The Bertz CT molecular complexity index is 324. The average Bonchev–Trinajstić information content (AvgIpc) is 2.55. The fraction of sp³-hybridized carbons (Fsp3) is 0.714. The van der Waals surface area contributed by atoms with Crippen molar-refractivity contribution in [2.75, 3.05) is 6.61 Å². The van der Waals surface area contributed by atoms with Gasteiger partial charge in [-0.3, -0.25) is 4.79 Å². The van der Waals surface area contributed by atoms with Crippen molar-refractivity contribution in [2.24, 2.45) is 0 Å². The van der Waals surface area contributed by atoms with Crippen LogP contribution in [0.3, 0.4) is 0 Å². The second-order valence-electron chi connectivity index (χ2n) is 4.49. The van der Waals surface area contributed by atoms with E-state index >= 15 is 0 Å². The van der Waals surface area contributed by atoms with Crippen LogP contribution in [0.25, 0.3) is 0 Å². The molecule has 1 fully saturated rings. The first-order valence-corrected chi connectivity index (χ1v) is 6.80. The van der Waals surface area contributed by atoms with Crippen molar-refractivity contribution in [2.45, 2.75) is 58.3 Å². The molecule has 0 saturated carbocycles. The Morgan fingerprint density at radius 2 is 2.11 bits per heavy atom. The quantitative estimate of drug-likeness (QED) is 0.567. The van der Waals surface area contributed by atoms with E-state index in [1.807, 2.05) is 6.92 Å². The predicted octanol–water partition coefficient (Wildman–Crippen LogP) is 2.34. The smallest absolute Gasteiger partial charge is 0.332 e. The number of carbonyl (C=O) groups excluding carboxylic acids is 2. The SMILES string of the molecule is C/C=C/C(=O)O[C@@H]1CCC[C@H](OC(=O)CCC)CO1. The number of ether oxygens (including phenoxy) is 3. The molecule has 0 aromatic carbocycles. The number of rotatable bonds is 5. The van der Waals surface area contributed by atoms with E-state index < -0.39 is 12.3 Å². The lowest BCUT2D eigenvalue weighted by Gasteiger charge is -2.17. The highest BCUT2D eigenvalue weighted by Gasteiger charge is 2.23. The third kappa shape index (κ3) is 6.38. The van der Waals surface area contributed by atoms with E-state index in [9.17, 15) is 9.59 Å². The van der Waals surface area contributed by atoms with Crippen LogP contribution in [0.5, 0.6) is 0 Å². The monoisotopic (exact) mass is 270 g/mol. The van der Waals surface area contributed by atoms with Crippen molar-refractivity contribution in [3.05, 3.63) is 12.2 Å². The lowest BCUT2D eigenvalue weighted by molar-refractivity contribution is -0.180. The van der Waals surface area contributed by atoms with E-state index in [2.05, 4.69) is 0 Å². The maximum Gasteiger partial charge on any atom is 0.332 e. The van der Waals surface area contributed by atoms with Gasteiger partial charge in [-0.2, -0.15) is 0 Å². The van der Waals surface area contributed by atoms with Gasteiger partial charge in [0.05, 0.1) is 6.61 Å². The maximum absolute atomic E-state index is 11.4. The highest BCUT2D eigenvalue weighted by Crippen LogP contribution is 2.17. The molecular weight excluding hydrogens is 248 g/mol. The molecular formula is C14H22O5. The van der Waals surface area contributed by atoms with Crippen molar-refractivity contribution in [3.63, 3.8) is 0 Å². The van der Waals surface area contributed by atoms with Crippen LogP contribution in [0.15, 0.2) is 12.2 Å². The normalized spacial score (nSPS) is 23.9. The highest BCUT2D eigenvalue weighted by atomic mass is 16.7. The summed E-state index contributed by atoms with van der Waals surface area (Å²) in [6.45, 7) is 3.96. The molecule has 0 aliphatic carbocycles. The summed E-state index contributed by atoms with van der Waals surface area (Å²) in [7, 11) is 0. The topological polar surface area (TPSA) is 61.8 Å². The first kappa shape index (κ1) is 15.7. The molecule has 0 spiro atoms. The third-order valence-corrected chi connectivity index (χ3v) is 2.74. The van der Waals surface area contributed by atoms with Gasteiger partial charge < -0.3 is 14.2 Å².